The fraction of sp³-hybridized carbons (Fsp3) is 0.625. The van der Waals surface area contributed by atoms with Crippen LogP contribution in [0.25, 0.3) is 6.08 Å². The topological polar surface area (TPSA) is 41.1 Å². The van der Waals surface area contributed by atoms with E-state index in [1.165, 1.54) is 36.6 Å². The zero-order valence-corrected chi connectivity index (χ0v) is 14.4. The fourth-order valence-electron chi connectivity index (χ4n) is 3.19. The second-order valence-electron chi connectivity index (χ2n) is 5.95. The molecule has 0 unspecified atom stereocenters. The highest BCUT2D eigenvalue weighted by Gasteiger charge is 2.22. The van der Waals surface area contributed by atoms with E-state index in [4.69, 9.17) is 4.98 Å². The molecule has 0 atom stereocenters. The van der Waals surface area contributed by atoms with Crippen molar-refractivity contribution in [2.75, 3.05) is 23.3 Å². The van der Waals surface area contributed by atoms with Gasteiger partial charge in [0.25, 0.3) is 0 Å². The number of likely N-dealkylation sites (N-methyl/N-ethyl adjacent to an activating group) is 1. The molecule has 0 aromatic carbocycles. The Balaban J connectivity index is 1.88. The van der Waals surface area contributed by atoms with Gasteiger partial charge in [-0.15, -0.1) is 0 Å². The Morgan fingerprint density at radius 3 is 2.76 bits per heavy atom. The fourth-order valence-corrected chi connectivity index (χ4v) is 3.72. The molecule has 2 aliphatic rings. The van der Waals surface area contributed by atoms with Crippen molar-refractivity contribution in [1.82, 2.24) is 9.97 Å². The van der Waals surface area contributed by atoms with E-state index < -0.39 is 0 Å². The summed E-state index contributed by atoms with van der Waals surface area (Å²) in [6, 6.07) is 0.539. The largest absolute Gasteiger partial charge is 0.351 e. The van der Waals surface area contributed by atoms with E-state index in [0.717, 1.165) is 36.1 Å². The second kappa shape index (κ2) is 6.34. The zero-order valence-electron chi connectivity index (χ0n) is 12.8. The molecule has 1 N–H and O–H groups in total. The van der Waals surface area contributed by atoms with E-state index in [2.05, 4.69) is 51.1 Å². The van der Waals surface area contributed by atoms with Crippen LogP contribution in [0, 0.1) is 6.92 Å². The molecule has 5 heteroatoms. The van der Waals surface area contributed by atoms with Gasteiger partial charge in [0.2, 0.25) is 5.95 Å². The van der Waals surface area contributed by atoms with Gasteiger partial charge in [0.1, 0.15) is 5.82 Å². The summed E-state index contributed by atoms with van der Waals surface area (Å²) >= 11 is 3.62. The molecular formula is C16H23BrN4. The highest BCUT2D eigenvalue weighted by molar-refractivity contribution is 9.11. The van der Waals surface area contributed by atoms with Crippen LogP contribution in [0.15, 0.2) is 4.48 Å². The molecule has 21 heavy (non-hydrogen) atoms. The van der Waals surface area contributed by atoms with Crippen LogP contribution in [0.3, 0.4) is 0 Å². The van der Waals surface area contributed by atoms with E-state index in [9.17, 15) is 0 Å². The number of anilines is 2. The van der Waals surface area contributed by atoms with Crippen LogP contribution >= 0.6 is 15.9 Å². The van der Waals surface area contributed by atoms with Gasteiger partial charge in [-0.3, -0.25) is 0 Å². The van der Waals surface area contributed by atoms with Gasteiger partial charge in [-0.2, -0.15) is 4.98 Å². The lowest BCUT2D eigenvalue weighted by Gasteiger charge is -2.29. The molecule has 114 valence electrons. The van der Waals surface area contributed by atoms with Crippen molar-refractivity contribution in [2.24, 2.45) is 0 Å². The standard InChI is InChI=1S/C16H23BrN4/c1-3-21-10-12(17)9-14-11(2)18-16(20-15(14)21)19-13-7-5-4-6-8-13/h9,13H,3-8,10H2,1-2H3,(H,18,19,20). The molecule has 0 amide bonds. The normalized spacial score (nSPS) is 19.2. The smallest absolute Gasteiger partial charge is 0.225 e. The molecule has 1 fully saturated rings. The molecule has 2 heterocycles. The predicted molar refractivity (Wildman–Crippen MR) is 92.1 cm³/mol. The summed E-state index contributed by atoms with van der Waals surface area (Å²) in [5.74, 6) is 1.86. The summed E-state index contributed by atoms with van der Waals surface area (Å²) in [6.07, 6.45) is 8.63. The number of fused-ring (bicyclic) bond motifs is 1. The summed E-state index contributed by atoms with van der Waals surface area (Å²) in [5, 5.41) is 3.55. The highest BCUT2D eigenvalue weighted by atomic mass is 79.9. The maximum absolute atomic E-state index is 4.79. The van der Waals surface area contributed by atoms with Crippen LogP contribution in [0.2, 0.25) is 0 Å². The summed E-state index contributed by atoms with van der Waals surface area (Å²) in [5.41, 5.74) is 2.19. The Hall–Kier alpha value is -1.10. The van der Waals surface area contributed by atoms with E-state index in [0.29, 0.717) is 6.04 Å². The van der Waals surface area contributed by atoms with Crippen LogP contribution < -0.4 is 10.2 Å². The van der Waals surface area contributed by atoms with Crippen molar-refractivity contribution in [1.29, 1.82) is 0 Å². The molecule has 0 spiro atoms. The minimum atomic E-state index is 0.539. The quantitative estimate of drug-likeness (QED) is 0.890. The van der Waals surface area contributed by atoms with Crippen molar-refractivity contribution in [3.63, 3.8) is 0 Å². The van der Waals surface area contributed by atoms with Crippen molar-refractivity contribution >= 4 is 33.8 Å². The van der Waals surface area contributed by atoms with Gasteiger partial charge in [-0.05, 0) is 32.8 Å². The maximum atomic E-state index is 4.79. The molecule has 4 nitrogen and oxygen atoms in total. The molecule has 3 rings (SSSR count). The first kappa shape index (κ1) is 14.8. The van der Waals surface area contributed by atoms with Crippen LogP contribution in [0.5, 0.6) is 0 Å². The first-order valence-corrected chi connectivity index (χ1v) is 8.73. The molecule has 0 saturated heterocycles. The molecule has 0 radical (unpaired) electrons. The van der Waals surface area contributed by atoms with Gasteiger partial charge in [0.05, 0.1) is 12.2 Å². The molecule has 1 aromatic heterocycles. The number of rotatable bonds is 3. The Bertz CT molecular complexity index is 549. The van der Waals surface area contributed by atoms with E-state index in [1.54, 1.807) is 0 Å². The Labute approximate surface area is 135 Å². The number of aromatic nitrogens is 2. The Morgan fingerprint density at radius 2 is 2.05 bits per heavy atom. The lowest BCUT2D eigenvalue weighted by Crippen LogP contribution is -2.30. The average Bonchev–Trinajstić information content (AvgIpc) is 2.48. The number of nitrogens with one attached hydrogen (secondary N) is 1. The zero-order chi connectivity index (χ0) is 14.8. The van der Waals surface area contributed by atoms with Crippen LogP contribution in [-0.2, 0) is 0 Å². The molecule has 1 aliphatic heterocycles. The first-order chi connectivity index (χ1) is 10.2. The number of hydrogen-bond acceptors (Lipinski definition) is 4. The van der Waals surface area contributed by atoms with Crippen molar-refractivity contribution in [3.8, 4) is 0 Å². The van der Waals surface area contributed by atoms with Crippen molar-refractivity contribution < 1.29 is 0 Å². The average molecular weight is 351 g/mol. The van der Waals surface area contributed by atoms with E-state index in [-0.39, 0.29) is 0 Å². The Morgan fingerprint density at radius 1 is 1.29 bits per heavy atom. The minimum absolute atomic E-state index is 0.539. The van der Waals surface area contributed by atoms with Gasteiger partial charge in [-0.1, -0.05) is 35.2 Å². The van der Waals surface area contributed by atoms with Crippen LogP contribution in [-0.4, -0.2) is 29.1 Å². The molecule has 1 aromatic rings. The highest BCUT2D eigenvalue weighted by Crippen LogP contribution is 2.32. The third-order valence-corrected chi connectivity index (χ3v) is 4.86. The van der Waals surface area contributed by atoms with Crippen molar-refractivity contribution in [2.45, 2.75) is 52.0 Å². The van der Waals surface area contributed by atoms with Crippen molar-refractivity contribution in [3.05, 3.63) is 15.7 Å². The number of hydrogen-bond donors (Lipinski definition) is 1. The molecule has 1 aliphatic carbocycles. The maximum Gasteiger partial charge on any atom is 0.225 e. The van der Waals surface area contributed by atoms with Crippen LogP contribution in [0.4, 0.5) is 11.8 Å². The lowest BCUT2D eigenvalue weighted by molar-refractivity contribution is 0.460. The summed E-state index contributed by atoms with van der Waals surface area (Å²) in [7, 11) is 0. The first-order valence-electron chi connectivity index (χ1n) is 7.93. The third kappa shape index (κ3) is 3.23. The van der Waals surface area contributed by atoms with Crippen LogP contribution in [0.1, 0.15) is 50.3 Å². The predicted octanol–water partition coefficient (Wildman–Crippen LogP) is 4.11. The third-order valence-electron chi connectivity index (χ3n) is 4.38. The Kier molecular flexibility index (Phi) is 4.48. The summed E-state index contributed by atoms with van der Waals surface area (Å²) < 4.78 is 1.19. The van der Waals surface area contributed by atoms with Gasteiger partial charge in [0, 0.05) is 22.6 Å². The van der Waals surface area contributed by atoms with Gasteiger partial charge >= 0.3 is 0 Å². The minimum Gasteiger partial charge on any atom is -0.351 e. The lowest BCUT2D eigenvalue weighted by atomic mass is 9.96. The van der Waals surface area contributed by atoms with Gasteiger partial charge < -0.3 is 10.2 Å². The second-order valence-corrected chi connectivity index (χ2v) is 6.97. The molecular weight excluding hydrogens is 328 g/mol. The summed E-state index contributed by atoms with van der Waals surface area (Å²) in [6.45, 7) is 6.08. The van der Waals surface area contributed by atoms with E-state index >= 15 is 0 Å². The number of halogens is 1. The number of aryl methyl sites for hydroxylation is 1. The summed E-state index contributed by atoms with van der Waals surface area (Å²) in [4.78, 5) is 11.8. The molecule has 0 bridgehead atoms. The number of nitrogens with zero attached hydrogens (tertiary/aromatic N) is 3. The molecule has 1 saturated carbocycles. The van der Waals surface area contributed by atoms with Gasteiger partial charge in [-0.25, -0.2) is 4.98 Å². The SMILES string of the molecule is CCN1CC(Br)=Cc2c(C)nc(NC3CCCCC3)nc21. The van der Waals surface area contributed by atoms with E-state index in [1.807, 2.05) is 0 Å². The van der Waals surface area contributed by atoms with Gasteiger partial charge in [0.15, 0.2) is 0 Å². The monoisotopic (exact) mass is 350 g/mol.